The van der Waals surface area contributed by atoms with E-state index in [2.05, 4.69) is 41.6 Å². The Morgan fingerprint density at radius 1 is 1.04 bits per heavy atom. The third-order valence-corrected chi connectivity index (χ3v) is 3.82. The summed E-state index contributed by atoms with van der Waals surface area (Å²) in [5.74, 6) is 0.541. The number of aliphatic imine (C=N–C) groups is 1. The minimum absolute atomic E-state index is 0. The van der Waals surface area contributed by atoms with Gasteiger partial charge in [-0.1, -0.05) is 44.2 Å². The first kappa shape index (κ1) is 21.0. The second-order valence-corrected chi connectivity index (χ2v) is 5.67. The first-order chi connectivity index (χ1) is 11.6. The summed E-state index contributed by atoms with van der Waals surface area (Å²) in [6.45, 7) is 4.34. The zero-order valence-corrected chi connectivity index (χ0v) is 16.9. The summed E-state index contributed by atoms with van der Waals surface area (Å²) in [6, 6.07) is 17.3. The molecule has 1 atom stereocenters. The van der Waals surface area contributed by atoms with Crippen LogP contribution in [0.25, 0.3) is 0 Å². The molecule has 5 nitrogen and oxygen atoms in total. The van der Waals surface area contributed by atoms with E-state index >= 15 is 0 Å². The van der Waals surface area contributed by atoms with Crippen LogP contribution in [0, 0.1) is 0 Å². The van der Waals surface area contributed by atoms with E-state index in [4.69, 9.17) is 5.73 Å². The SMILES string of the molecule is CCC(C)c1ccc(NC(N)=NCC(=O)Nc2ccccc2)cc1.I. The number of hydrogen-bond donors (Lipinski definition) is 3. The summed E-state index contributed by atoms with van der Waals surface area (Å²) in [7, 11) is 0. The fraction of sp³-hybridized carbons (Fsp3) is 0.263. The first-order valence-corrected chi connectivity index (χ1v) is 8.10. The molecule has 0 aliphatic heterocycles. The molecule has 2 aromatic rings. The lowest BCUT2D eigenvalue weighted by atomic mass is 9.99. The number of guanidine groups is 1. The number of benzene rings is 2. The number of nitrogens with zero attached hydrogens (tertiary/aromatic N) is 1. The van der Waals surface area contributed by atoms with Crippen molar-refractivity contribution in [2.24, 2.45) is 10.7 Å². The topological polar surface area (TPSA) is 79.5 Å². The van der Waals surface area contributed by atoms with Crippen LogP contribution in [-0.4, -0.2) is 18.4 Å². The molecule has 1 unspecified atom stereocenters. The van der Waals surface area contributed by atoms with Gasteiger partial charge in [0.25, 0.3) is 0 Å². The third-order valence-electron chi connectivity index (χ3n) is 3.82. The molecule has 4 N–H and O–H groups in total. The second-order valence-electron chi connectivity index (χ2n) is 5.67. The largest absolute Gasteiger partial charge is 0.370 e. The number of carbonyl (C=O) groups is 1. The van der Waals surface area contributed by atoms with Crippen molar-refractivity contribution in [2.45, 2.75) is 26.2 Å². The monoisotopic (exact) mass is 452 g/mol. The molecule has 2 rings (SSSR count). The maximum atomic E-state index is 11.8. The van der Waals surface area contributed by atoms with Crippen LogP contribution in [0.15, 0.2) is 59.6 Å². The lowest BCUT2D eigenvalue weighted by Gasteiger charge is -2.10. The molecule has 0 heterocycles. The summed E-state index contributed by atoms with van der Waals surface area (Å²) in [5.41, 5.74) is 8.72. The van der Waals surface area contributed by atoms with Crippen molar-refractivity contribution in [3.63, 3.8) is 0 Å². The standard InChI is InChI=1S/C19H24N4O.HI/c1-3-14(2)15-9-11-17(12-10-15)23-19(20)21-13-18(24)22-16-7-5-4-6-8-16;/h4-12,14H,3,13H2,1-2H3,(H,22,24)(H3,20,21,23);1H. The Morgan fingerprint density at radius 3 is 2.24 bits per heavy atom. The van der Waals surface area contributed by atoms with Crippen LogP contribution < -0.4 is 16.4 Å². The van der Waals surface area contributed by atoms with Crippen molar-refractivity contribution < 1.29 is 4.79 Å². The molecule has 0 saturated carbocycles. The maximum Gasteiger partial charge on any atom is 0.246 e. The number of rotatable bonds is 6. The van der Waals surface area contributed by atoms with Gasteiger partial charge >= 0.3 is 0 Å². The summed E-state index contributed by atoms with van der Waals surface area (Å²) >= 11 is 0. The van der Waals surface area contributed by atoms with Gasteiger partial charge in [-0.3, -0.25) is 4.79 Å². The number of hydrogen-bond acceptors (Lipinski definition) is 2. The lowest BCUT2D eigenvalue weighted by Crippen LogP contribution is -2.25. The van der Waals surface area contributed by atoms with E-state index in [9.17, 15) is 4.79 Å². The highest BCUT2D eigenvalue weighted by Gasteiger charge is 2.04. The molecular formula is C19H25IN4O. The van der Waals surface area contributed by atoms with Gasteiger partial charge < -0.3 is 16.4 Å². The lowest BCUT2D eigenvalue weighted by molar-refractivity contribution is -0.114. The molecular weight excluding hydrogens is 427 g/mol. The van der Waals surface area contributed by atoms with Gasteiger partial charge in [-0.05, 0) is 42.2 Å². The summed E-state index contributed by atoms with van der Waals surface area (Å²) in [6.07, 6.45) is 1.10. The van der Waals surface area contributed by atoms with E-state index in [1.54, 1.807) is 0 Å². The fourth-order valence-electron chi connectivity index (χ4n) is 2.20. The second kappa shape index (κ2) is 10.7. The van der Waals surface area contributed by atoms with Gasteiger partial charge in [0, 0.05) is 11.4 Å². The molecule has 0 spiro atoms. The Morgan fingerprint density at radius 2 is 1.64 bits per heavy atom. The van der Waals surface area contributed by atoms with Gasteiger partial charge in [0.15, 0.2) is 5.96 Å². The van der Waals surface area contributed by atoms with Crippen LogP contribution in [-0.2, 0) is 4.79 Å². The molecule has 0 aromatic heterocycles. The first-order valence-electron chi connectivity index (χ1n) is 8.10. The van der Waals surface area contributed by atoms with Crippen molar-refractivity contribution in [1.29, 1.82) is 0 Å². The summed E-state index contributed by atoms with van der Waals surface area (Å²) in [4.78, 5) is 15.9. The Labute approximate surface area is 166 Å². The smallest absolute Gasteiger partial charge is 0.246 e. The van der Waals surface area contributed by atoms with Crippen LogP contribution in [0.2, 0.25) is 0 Å². The molecule has 1 amide bonds. The highest BCUT2D eigenvalue weighted by atomic mass is 127. The number of anilines is 2. The minimum atomic E-state index is -0.210. The number of amides is 1. The highest BCUT2D eigenvalue weighted by molar-refractivity contribution is 14.0. The average Bonchev–Trinajstić information content (AvgIpc) is 2.61. The minimum Gasteiger partial charge on any atom is -0.370 e. The van der Waals surface area contributed by atoms with E-state index in [0.717, 1.165) is 17.8 Å². The van der Waals surface area contributed by atoms with Crippen LogP contribution in [0.1, 0.15) is 31.7 Å². The zero-order valence-electron chi connectivity index (χ0n) is 14.5. The molecule has 0 fully saturated rings. The van der Waals surface area contributed by atoms with Gasteiger partial charge in [-0.2, -0.15) is 0 Å². The Balaban J connectivity index is 0.00000312. The van der Waals surface area contributed by atoms with Crippen LogP contribution in [0.5, 0.6) is 0 Å². The maximum absolute atomic E-state index is 11.8. The Kier molecular flexibility index (Phi) is 8.98. The Hall–Kier alpha value is -2.09. The molecule has 134 valence electrons. The van der Waals surface area contributed by atoms with Gasteiger partial charge in [0.1, 0.15) is 6.54 Å². The molecule has 0 radical (unpaired) electrons. The van der Waals surface area contributed by atoms with E-state index in [1.807, 2.05) is 42.5 Å². The quantitative estimate of drug-likeness (QED) is 0.350. The van der Waals surface area contributed by atoms with Crippen molar-refractivity contribution in [1.82, 2.24) is 0 Å². The molecule has 2 aromatic carbocycles. The highest BCUT2D eigenvalue weighted by Crippen LogP contribution is 2.20. The number of para-hydroxylation sites is 1. The van der Waals surface area contributed by atoms with Crippen LogP contribution >= 0.6 is 24.0 Å². The van der Waals surface area contributed by atoms with Gasteiger partial charge in [0.05, 0.1) is 0 Å². The van der Waals surface area contributed by atoms with Gasteiger partial charge in [-0.25, -0.2) is 4.99 Å². The number of nitrogens with one attached hydrogen (secondary N) is 2. The van der Waals surface area contributed by atoms with E-state index in [0.29, 0.717) is 5.92 Å². The van der Waals surface area contributed by atoms with Gasteiger partial charge in [0.2, 0.25) is 5.91 Å². The molecule has 0 aliphatic carbocycles. The number of halogens is 1. The van der Waals surface area contributed by atoms with Crippen LogP contribution in [0.3, 0.4) is 0 Å². The molecule has 0 bridgehead atoms. The third kappa shape index (κ3) is 7.13. The van der Waals surface area contributed by atoms with Crippen LogP contribution in [0.4, 0.5) is 11.4 Å². The number of nitrogens with two attached hydrogens (primary N) is 1. The van der Waals surface area contributed by atoms with Crippen molar-refractivity contribution in [3.8, 4) is 0 Å². The van der Waals surface area contributed by atoms with Crippen molar-refractivity contribution in [2.75, 3.05) is 17.2 Å². The van der Waals surface area contributed by atoms with Crippen molar-refractivity contribution in [3.05, 3.63) is 60.2 Å². The molecule has 0 saturated heterocycles. The molecule has 0 aliphatic rings. The van der Waals surface area contributed by atoms with E-state index < -0.39 is 0 Å². The summed E-state index contributed by atoms with van der Waals surface area (Å²) < 4.78 is 0. The Bertz CT molecular complexity index is 686. The van der Waals surface area contributed by atoms with E-state index in [-0.39, 0.29) is 42.4 Å². The van der Waals surface area contributed by atoms with Crippen molar-refractivity contribution >= 4 is 47.2 Å². The average molecular weight is 452 g/mol. The predicted molar refractivity (Wildman–Crippen MR) is 116 cm³/mol. The van der Waals surface area contributed by atoms with Gasteiger partial charge in [-0.15, -0.1) is 24.0 Å². The fourth-order valence-corrected chi connectivity index (χ4v) is 2.20. The number of carbonyl (C=O) groups excluding carboxylic acids is 1. The summed E-state index contributed by atoms with van der Waals surface area (Å²) in [5, 5.41) is 5.75. The normalized spacial score (nSPS) is 12.0. The predicted octanol–water partition coefficient (Wildman–Crippen LogP) is 4.18. The molecule has 25 heavy (non-hydrogen) atoms. The zero-order chi connectivity index (χ0) is 17.4. The van der Waals surface area contributed by atoms with E-state index in [1.165, 1.54) is 5.56 Å². The molecule has 6 heteroatoms.